The maximum atomic E-state index is 13.7. The van der Waals surface area contributed by atoms with Gasteiger partial charge in [0.05, 0.1) is 0 Å². The van der Waals surface area contributed by atoms with Gasteiger partial charge in [-0.05, 0) is 228 Å². The first-order valence-corrected chi connectivity index (χ1v) is 55.2. The van der Waals surface area contributed by atoms with Gasteiger partial charge in [0, 0.05) is 51.4 Å². The van der Waals surface area contributed by atoms with Crippen molar-refractivity contribution in [2.45, 2.75) is 518 Å². The van der Waals surface area contributed by atoms with E-state index in [2.05, 4.69) is 263 Å². The number of benzene rings is 8. The van der Waals surface area contributed by atoms with Gasteiger partial charge >= 0.3 is 0 Å². The Morgan fingerprint density at radius 1 is 0.140 bits per heavy atom. The van der Waals surface area contributed by atoms with E-state index in [9.17, 15) is 40.9 Å². The van der Waals surface area contributed by atoms with Crippen molar-refractivity contribution >= 4 is 0 Å². The third-order valence-electron chi connectivity index (χ3n) is 32.7. The monoisotopic (exact) mass is 1860 g/mol. The van der Waals surface area contributed by atoms with Crippen molar-refractivity contribution in [2.75, 3.05) is 0 Å². The molecule has 8 aromatic carbocycles. The number of hydrogen-bond acceptors (Lipinski definition) is 8. The van der Waals surface area contributed by atoms with E-state index in [1.54, 1.807) is 0 Å². The Balaban J connectivity index is 1.44. The molecule has 1 aliphatic rings. The van der Waals surface area contributed by atoms with Crippen molar-refractivity contribution in [1.29, 1.82) is 0 Å². The minimum Gasteiger partial charge on any atom is -0.507 e. The van der Waals surface area contributed by atoms with Gasteiger partial charge in [-0.3, -0.25) is 0 Å². The van der Waals surface area contributed by atoms with Gasteiger partial charge in [-0.25, -0.2) is 0 Å². The van der Waals surface area contributed by atoms with E-state index >= 15 is 0 Å². The van der Waals surface area contributed by atoms with E-state index < -0.39 is 0 Å². The smallest absolute Gasteiger partial charge is 0.122 e. The minimum absolute atomic E-state index is 0.136. The number of rotatable bonds is 48. The zero-order valence-corrected chi connectivity index (χ0v) is 90.8. The molecule has 8 aromatic rings. The molecule has 1 aliphatic carbocycles. The lowest BCUT2D eigenvalue weighted by Gasteiger charge is -2.30. The Hall–Kier alpha value is -7.84. The third-order valence-corrected chi connectivity index (χ3v) is 32.7. The van der Waals surface area contributed by atoms with Gasteiger partial charge in [0.1, 0.15) is 46.0 Å². The van der Waals surface area contributed by atoms with Gasteiger partial charge in [-0.1, -0.05) is 469 Å². The molecule has 8 N–H and O–H groups in total. The van der Waals surface area contributed by atoms with Crippen LogP contribution in [0.2, 0.25) is 0 Å². The molecule has 752 valence electrons. The van der Waals surface area contributed by atoms with Gasteiger partial charge in [0.15, 0.2) is 0 Å². The number of aromatic hydroxyl groups is 8. The summed E-state index contributed by atoms with van der Waals surface area (Å²) in [5.41, 5.74) is 17.2. The van der Waals surface area contributed by atoms with Crippen LogP contribution in [0.5, 0.6) is 46.0 Å². The zero-order valence-electron chi connectivity index (χ0n) is 90.8. The van der Waals surface area contributed by atoms with Crippen LogP contribution >= 0.6 is 0 Å². The lowest BCUT2D eigenvalue weighted by atomic mass is 9.75. The summed E-state index contributed by atoms with van der Waals surface area (Å²) in [6.45, 7) is 55.5. The number of phenols is 8. The fraction of sp³-hybridized carbons (Fsp3) is 0.625. The molecule has 136 heavy (non-hydrogen) atoms. The predicted octanol–water partition coefficient (Wildman–Crippen LogP) is 36.4. The highest BCUT2D eigenvalue weighted by Gasteiger charge is 2.36. The summed E-state index contributed by atoms with van der Waals surface area (Å²) >= 11 is 0. The van der Waals surface area contributed by atoms with E-state index in [1.165, 1.54) is 0 Å². The molecule has 16 bridgehead atoms. The van der Waals surface area contributed by atoms with Crippen LogP contribution < -0.4 is 0 Å². The highest BCUT2D eigenvalue weighted by atomic mass is 16.3. The molecule has 0 saturated heterocycles. The van der Waals surface area contributed by atoms with Gasteiger partial charge in [0.25, 0.3) is 0 Å². The standard InChI is InChI=1S/C128H192O8/c1-25-33-41-49-57-121(9,10)105-73-89-65-91-75-106(122(11,12)58-50-42-34-26-2)77-93(114(91)130)67-95-79-108(124(15,16)60-52-44-36-28-4)81-97(116(95)132)69-99-83-110(126(19,20)62-54-46-38-30-6)85-101(118(99)134)71-103-87-112(128(23,24)64-56-48-40-32-8)88-104(120(103)136)72-102-86-111(127(21,22)63-55-47-39-31-7)84-100(119(102)135)70-98-82-109(125(17,18)61-53-45-37-29-5)80-96(117(98)133)68-94-78-107(123(13,14)59-51-43-35-27-3)76-92(115(94)131)66-90(74-105)113(89)129/h73-88,129-136H,25-72H2,1-24H3. The molecule has 0 amide bonds. The van der Waals surface area contributed by atoms with Crippen LogP contribution in [0.15, 0.2) is 97.1 Å². The Bertz CT molecular complexity index is 4000. The summed E-state index contributed by atoms with van der Waals surface area (Å²) in [5.74, 6) is 1.09. The zero-order chi connectivity index (χ0) is 99.7. The molecule has 0 heterocycles. The highest BCUT2D eigenvalue weighted by molar-refractivity contribution is 5.63. The van der Waals surface area contributed by atoms with Crippen LogP contribution in [0.3, 0.4) is 0 Å². The second kappa shape index (κ2) is 50.5. The summed E-state index contributed by atoms with van der Waals surface area (Å²) in [7, 11) is 0. The molecule has 0 aliphatic heterocycles. The Kier molecular flexibility index (Phi) is 41.5. The largest absolute Gasteiger partial charge is 0.507 e. The third kappa shape index (κ3) is 30.1. The number of hydrogen-bond donors (Lipinski definition) is 8. The van der Waals surface area contributed by atoms with Crippen molar-refractivity contribution in [3.63, 3.8) is 0 Å². The van der Waals surface area contributed by atoms with E-state index in [-0.39, 0.29) is 141 Å². The van der Waals surface area contributed by atoms with Crippen molar-refractivity contribution in [2.24, 2.45) is 0 Å². The maximum absolute atomic E-state index is 13.7. The first-order valence-electron chi connectivity index (χ1n) is 55.2. The number of fused-ring (bicyclic) bond motifs is 16. The van der Waals surface area contributed by atoms with Crippen molar-refractivity contribution < 1.29 is 40.9 Å². The molecule has 8 nitrogen and oxygen atoms in total. The normalized spacial score (nSPS) is 13.6. The molecule has 0 saturated carbocycles. The quantitative estimate of drug-likeness (QED) is 0.0175. The molecule has 0 aromatic heterocycles. The Labute approximate surface area is 829 Å². The Morgan fingerprint density at radius 2 is 0.221 bits per heavy atom. The van der Waals surface area contributed by atoms with E-state index in [0.29, 0.717) is 89.0 Å². The summed E-state index contributed by atoms with van der Waals surface area (Å²) in [5, 5.41) is 110. The van der Waals surface area contributed by atoms with Crippen molar-refractivity contribution in [1.82, 2.24) is 0 Å². The molecule has 0 radical (unpaired) electrons. The first kappa shape index (κ1) is 112. The van der Waals surface area contributed by atoms with Crippen LogP contribution in [0.25, 0.3) is 0 Å². The maximum Gasteiger partial charge on any atom is 0.122 e. The fourth-order valence-corrected chi connectivity index (χ4v) is 22.1. The number of unbranched alkanes of at least 4 members (excludes halogenated alkanes) is 24. The number of phenolic OH excluding ortho intramolecular Hbond substituents is 8. The van der Waals surface area contributed by atoms with Crippen LogP contribution in [-0.4, -0.2) is 40.9 Å². The minimum atomic E-state index is -0.337. The fourth-order valence-electron chi connectivity index (χ4n) is 22.1. The molecular formula is C128H192O8. The second-order valence-corrected chi connectivity index (χ2v) is 48.1. The van der Waals surface area contributed by atoms with E-state index in [1.807, 2.05) is 0 Å². The molecule has 0 atom stereocenters. The molecule has 9 rings (SSSR count). The summed E-state index contributed by atoms with van der Waals surface area (Å²) in [6, 6.07) is 35.3. The molecule has 0 fully saturated rings. The molecule has 0 unspecified atom stereocenters. The Morgan fingerprint density at radius 3 is 0.294 bits per heavy atom. The molecule has 0 spiro atoms. The average Bonchev–Trinajstić information content (AvgIpc) is 0.768. The molecule has 8 heteroatoms. The average molecular weight is 1860 g/mol. The van der Waals surface area contributed by atoms with E-state index in [4.69, 9.17) is 0 Å². The second-order valence-electron chi connectivity index (χ2n) is 48.1. The van der Waals surface area contributed by atoms with Crippen molar-refractivity contribution in [3.8, 4) is 46.0 Å². The summed E-state index contributed by atoms with van der Waals surface area (Å²) < 4.78 is 0. The molecular weight excluding hydrogens is 1670 g/mol. The van der Waals surface area contributed by atoms with Crippen LogP contribution in [0, 0.1) is 0 Å². The highest BCUT2D eigenvalue weighted by Crippen LogP contribution is 2.50. The summed E-state index contributed by atoms with van der Waals surface area (Å²) in [6.07, 6.45) is 44.5. The predicted molar refractivity (Wildman–Crippen MR) is 582 cm³/mol. The summed E-state index contributed by atoms with van der Waals surface area (Å²) in [4.78, 5) is 0. The van der Waals surface area contributed by atoms with Crippen molar-refractivity contribution in [3.05, 3.63) is 231 Å². The van der Waals surface area contributed by atoms with Gasteiger partial charge < -0.3 is 40.9 Å². The van der Waals surface area contributed by atoms with Gasteiger partial charge in [-0.2, -0.15) is 0 Å². The first-order chi connectivity index (χ1) is 64.3. The van der Waals surface area contributed by atoms with Crippen LogP contribution in [0.4, 0.5) is 0 Å². The lowest BCUT2D eigenvalue weighted by molar-refractivity contribution is 0.434. The topological polar surface area (TPSA) is 162 Å². The van der Waals surface area contributed by atoms with Gasteiger partial charge in [0.2, 0.25) is 0 Å². The lowest BCUT2D eigenvalue weighted by Crippen LogP contribution is -2.20. The van der Waals surface area contributed by atoms with E-state index in [0.717, 1.165) is 301 Å². The van der Waals surface area contributed by atoms with Crippen LogP contribution in [0.1, 0.15) is 557 Å². The SMILES string of the molecule is CCCCCCC(C)(C)c1cc2c(O)c(c1)Cc1cc(C(C)(C)CCCCCC)cc(c1O)Cc1cc(C(C)(C)CCCCCC)cc(c1O)Cc1cc(C(C)(C)CCCCCC)cc(c1O)Cc1cc(C(C)(C)CCCCCC)cc(c1O)Cc1cc(C(C)(C)CCCCCC)cc(c1O)Cc1cc(C(C)(C)CCCCCC)cc(c1O)Cc1cc(C(C)(C)CCCCCC)cc(c1O)C2. The van der Waals surface area contributed by atoms with Crippen LogP contribution in [-0.2, 0) is 94.7 Å². The van der Waals surface area contributed by atoms with Gasteiger partial charge in [-0.15, -0.1) is 0 Å².